The van der Waals surface area contributed by atoms with E-state index in [4.69, 9.17) is 14.6 Å². The van der Waals surface area contributed by atoms with Crippen LogP contribution in [-0.4, -0.2) is 29.4 Å². The molecule has 21 heavy (non-hydrogen) atoms. The Balaban J connectivity index is 2.14. The van der Waals surface area contributed by atoms with Crippen molar-refractivity contribution in [3.8, 4) is 22.8 Å². The molecule has 0 atom stereocenters. The maximum atomic E-state index is 12.9. The van der Waals surface area contributed by atoms with Crippen LogP contribution in [-0.2, 0) is 0 Å². The van der Waals surface area contributed by atoms with Gasteiger partial charge >= 0.3 is 5.97 Å². The third-order valence-corrected chi connectivity index (χ3v) is 2.91. The van der Waals surface area contributed by atoms with E-state index in [0.29, 0.717) is 0 Å². The highest BCUT2D eigenvalue weighted by Gasteiger charge is 2.24. The van der Waals surface area contributed by atoms with E-state index in [9.17, 15) is 13.6 Å². The molecule has 110 valence electrons. The lowest BCUT2D eigenvalue weighted by atomic mass is 10.0. The average molecular weight is 297 g/mol. The molecule has 0 saturated heterocycles. The van der Waals surface area contributed by atoms with Crippen LogP contribution < -0.4 is 9.47 Å². The van der Waals surface area contributed by atoms with E-state index in [0.717, 1.165) is 6.07 Å². The predicted molar refractivity (Wildman–Crippen MR) is 64.8 cm³/mol. The topological polar surface area (TPSA) is 81.8 Å². The zero-order valence-corrected chi connectivity index (χ0v) is 10.5. The summed E-state index contributed by atoms with van der Waals surface area (Å²) < 4.78 is 41.2. The molecule has 0 saturated carbocycles. The van der Waals surface area contributed by atoms with E-state index in [2.05, 4.69) is 9.68 Å². The second-order valence-corrected chi connectivity index (χ2v) is 4.27. The minimum atomic E-state index is -2.70. The molecule has 0 aliphatic carbocycles. The highest BCUT2D eigenvalue weighted by atomic mass is 19.3. The van der Waals surface area contributed by atoms with Crippen molar-refractivity contribution in [2.75, 3.05) is 13.2 Å². The minimum Gasteiger partial charge on any atom is -0.486 e. The standard InChI is InChI=1S/C13H9F2NO5/c14-12(15)6-3-7(8-5-10(13(17)18)21-16-8)11-9(4-6)19-1-2-20-11/h3-5,12H,1-2H2,(H,17,18). The van der Waals surface area contributed by atoms with Gasteiger partial charge in [0.05, 0.1) is 5.56 Å². The van der Waals surface area contributed by atoms with Crippen LogP contribution in [0.2, 0.25) is 0 Å². The fourth-order valence-electron chi connectivity index (χ4n) is 1.99. The van der Waals surface area contributed by atoms with Gasteiger partial charge in [-0.25, -0.2) is 13.6 Å². The lowest BCUT2D eigenvalue weighted by Gasteiger charge is -2.21. The van der Waals surface area contributed by atoms with E-state index in [-0.39, 0.29) is 41.5 Å². The monoisotopic (exact) mass is 297 g/mol. The number of fused-ring (bicyclic) bond motifs is 1. The second kappa shape index (κ2) is 5.04. The fourth-order valence-corrected chi connectivity index (χ4v) is 1.99. The number of carbonyl (C=O) groups is 1. The summed E-state index contributed by atoms with van der Waals surface area (Å²) in [7, 11) is 0. The molecule has 3 rings (SSSR count). The predicted octanol–water partition coefficient (Wildman–Crippen LogP) is 2.75. The highest BCUT2D eigenvalue weighted by molar-refractivity contribution is 5.86. The number of hydrogen-bond donors (Lipinski definition) is 1. The summed E-state index contributed by atoms with van der Waals surface area (Å²) in [5.74, 6) is -1.27. The number of nitrogens with zero attached hydrogens (tertiary/aromatic N) is 1. The van der Waals surface area contributed by atoms with Crippen LogP contribution in [0, 0.1) is 0 Å². The van der Waals surface area contributed by atoms with Crippen molar-refractivity contribution in [3.05, 3.63) is 29.5 Å². The van der Waals surface area contributed by atoms with E-state index in [1.807, 2.05) is 0 Å². The number of rotatable bonds is 3. The first-order chi connectivity index (χ1) is 10.1. The molecule has 0 fully saturated rings. The van der Waals surface area contributed by atoms with Crippen LogP contribution >= 0.6 is 0 Å². The van der Waals surface area contributed by atoms with Crippen LogP contribution in [0.1, 0.15) is 22.5 Å². The number of aromatic nitrogens is 1. The van der Waals surface area contributed by atoms with Gasteiger partial charge in [0, 0.05) is 11.6 Å². The number of aromatic carboxylic acids is 1. The van der Waals surface area contributed by atoms with E-state index in [1.165, 1.54) is 12.1 Å². The second-order valence-electron chi connectivity index (χ2n) is 4.27. The lowest BCUT2D eigenvalue weighted by molar-refractivity contribution is 0.0652. The van der Waals surface area contributed by atoms with E-state index < -0.39 is 18.2 Å². The molecular formula is C13H9F2NO5. The molecule has 1 aromatic carbocycles. The molecule has 0 amide bonds. The van der Waals surface area contributed by atoms with Gasteiger partial charge in [-0.3, -0.25) is 0 Å². The Labute approximate surface area is 116 Å². The van der Waals surface area contributed by atoms with Gasteiger partial charge in [0.2, 0.25) is 5.76 Å². The van der Waals surface area contributed by atoms with Gasteiger partial charge in [-0.15, -0.1) is 0 Å². The Bertz CT molecular complexity index is 698. The number of ether oxygens (including phenoxy) is 2. The molecule has 2 heterocycles. The van der Waals surface area contributed by atoms with Gasteiger partial charge < -0.3 is 19.1 Å². The fraction of sp³-hybridized carbons (Fsp3) is 0.231. The van der Waals surface area contributed by atoms with E-state index in [1.54, 1.807) is 0 Å². The Morgan fingerprint density at radius 1 is 1.24 bits per heavy atom. The molecule has 0 spiro atoms. The molecule has 0 unspecified atom stereocenters. The van der Waals surface area contributed by atoms with E-state index >= 15 is 0 Å². The van der Waals surface area contributed by atoms with Crippen LogP contribution in [0.4, 0.5) is 8.78 Å². The number of benzene rings is 1. The van der Waals surface area contributed by atoms with Crippen molar-refractivity contribution in [2.45, 2.75) is 6.43 Å². The molecule has 6 nitrogen and oxygen atoms in total. The van der Waals surface area contributed by atoms with Gasteiger partial charge in [0.1, 0.15) is 18.9 Å². The quantitative estimate of drug-likeness (QED) is 0.938. The molecule has 1 N–H and O–H groups in total. The first-order valence-electron chi connectivity index (χ1n) is 5.98. The van der Waals surface area contributed by atoms with Crippen molar-refractivity contribution in [1.82, 2.24) is 5.16 Å². The minimum absolute atomic E-state index is 0.0941. The Morgan fingerprint density at radius 3 is 2.67 bits per heavy atom. The number of alkyl halides is 2. The van der Waals surface area contributed by atoms with Crippen molar-refractivity contribution >= 4 is 5.97 Å². The first kappa shape index (κ1) is 13.3. The molecule has 8 heteroatoms. The zero-order valence-electron chi connectivity index (χ0n) is 10.5. The summed E-state index contributed by atoms with van der Waals surface area (Å²) in [5, 5.41) is 12.4. The average Bonchev–Trinajstić information content (AvgIpc) is 2.96. The van der Waals surface area contributed by atoms with Crippen LogP contribution in [0.25, 0.3) is 11.3 Å². The molecular weight excluding hydrogens is 288 g/mol. The van der Waals surface area contributed by atoms with Crippen molar-refractivity contribution in [3.63, 3.8) is 0 Å². The molecule has 1 aromatic heterocycles. The van der Waals surface area contributed by atoms with Crippen LogP contribution in [0.3, 0.4) is 0 Å². The summed E-state index contributed by atoms with van der Waals surface area (Å²) in [6.07, 6.45) is -2.70. The molecule has 2 aromatic rings. The molecule has 0 bridgehead atoms. The molecule has 0 radical (unpaired) electrons. The summed E-state index contributed by atoms with van der Waals surface area (Å²) in [6.45, 7) is 0.510. The lowest BCUT2D eigenvalue weighted by Crippen LogP contribution is -2.16. The normalized spacial score (nSPS) is 13.5. The Morgan fingerprint density at radius 2 is 2.00 bits per heavy atom. The van der Waals surface area contributed by atoms with Gasteiger partial charge in [-0.05, 0) is 12.1 Å². The largest absolute Gasteiger partial charge is 0.486 e. The summed E-state index contributed by atoms with van der Waals surface area (Å²) in [4.78, 5) is 10.8. The first-order valence-corrected chi connectivity index (χ1v) is 5.98. The third kappa shape index (κ3) is 2.39. The maximum Gasteiger partial charge on any atom is 0.374 e. The van der Waals surface area contributed by atoms with Crippen molar-refractivity contribution < 1.29 is 32.7 Å². The Kier molecular flexibility index (Phi) is 3.20. The zero-order chi connectivity index (χ0) is 15.0. The van der Waals surface area contributed by atoms with Crippen LogP contribution in [0.5, 0.6) is 11.5 Å². The molecule has 1 aliphatic heterocycles. The molecule has 1 aliphatic rings. The summed E-state index contributed by atoms with van der Waals surface area (Å²) in [6, 6.07) is 3.52. The Hall–Kier alpha value is -2.64. The van der Waals surface area contributed by atoms with Gasteiger partial charge in [-0.1, -0.05) is 5.16 Å². The number of hydrogen-bond acceptors (Lipinski definition) is 5. The van der Waals surface area contributed by atoms with Gasteiger partial charge in [-0.2, -0.15) is 0 Å². The maximum absolute atomic E-state index is 12.9. The van der Waals surface area contributed by atoms with Crippen molar-refractivity contribution in [2.24, 2.45) is 0 Å². The van der Waals surface area contributed by atoms with Gasteiger partial charge in [0.25, 0.3) is 6.43 Å². The summed E-state index contributed by atoms with van der Waals surface area (Å²) >= 11 is 0. The van der Waals surface area contributed by atoms with Crippen molar-refractivity contribution in [1.29, 1.82) is 0 Å². The van der Waals surface area contributed by atoms with Gasteiger partial charge in [0.15, 0.2) is 11.5 Å². The summed E-state index contributed by atoms with van der Waals surface area (Å²) in [5.41, 5.74) is 0.0320. The number of carboxylic acid groups (broad SMARTS) is 1. The highest BCUT2D eigenvalue weighted by Crippen LogP contribution is 2.42. The third-order valence-electron chi connectivity index (χ3n) is 2.91. The van der Waals surface area contributed by atoms with Crippen LogP contribution in [0.15, 0.2) is 22.7 Å². The smallest absolute Gasteiger partial charge is 0.374 e. The SMILES string of the molecule is O=C(O)c1cc(-c2cc(C(F)F)cc3c2OCCO3)no1. The number of halogens is 2. The number of carboxylic acids is 1.